The van der Waals surface area contributed by atoms with Crippen LogP contribution in [0.1, 0.15) is 24.1 Å². The van der Waals surface area contributed by atoms with Crippen molar-refractivity contribution in [3.05, 3.63) is 29.5 Å². The van der Waals surface area contributed by atoms with Gasteiger partial charge in [0.05, 0.1) is 7.11 Å². The topological polar surface area (TPSA) is 54.6 Å². The van der Waals surface area contributed by atoms with Crippen molar-refractivity contribution in [3.8, 4) is 5.75 Å². The number of nitrogens with one attached hydrogen (secondary N) is 1. The number of H-pyrrole nitrogens is 1. The van der Waals surface area contributed by atoms with Gasteiger partial charge in [0.2, 0.25) is 0 Å². The summed E-state index contributed by atoms with van der Waals surface area (Å²) in [6.07, 6.45) is 2.47. The molecule has 0 aliphatic carbocycles. The molecule has 0 radical (unpaired) electrons. The van der Waals surface area contributed by atoms with E-state index in [0.29, 0.717) is 13.2 Å². The van der Waals surface area contributed by atoms with Gasteiger partial charge in [0, 0.05) is 48.3 Å². The van der Waals surface area contributed by atoms with Crippen LogP contribution in [0.5, 0.6) is 5.75 Å². The van der Waals surface area contributed by atoms with E-state index in [4.69, 9.17) is 9.47 Å². The van der Waals surface area contributed by atoms with Gasteiger partial charge in [-0.1, -0.05) is 0 Å². The Morgan fingerprint density at radius 2 is 2.36 bits per heavy atom. The number of methoxy groups -OCH3 is 1. The van der Waals surface area contributed by atoms with Gasteiger partial charge in [-0.3, -0.25) is 4.79 Å². The summed E-state index contributed by atoms with van der Waals surface area (Å²) in [6.45, 7) is 2.12. The van der Waals surface area contributed by atoms with E-state index in [-0.39, 0.29) is 12.0 Å². The molecule has 0 bridgehead atoms. The van der Waals surface area contributed by atoms with Crippen LogP contribution in [0.15, 0.2) is 18.2 Å². The Morgan fingerprint density at radius 1 is 1.45 bits per heavy atom. The van der Waals surface area contributed by atoms with Crippen molar-refractivity contribution in [3.63, 3.8) is 0 Å². The Morgan fingerprint density at radius 3 is 3.14 bits per heavy atom. The van der Waals surface area contributed by atoms with E-state index in [2.05, 4.69) is 4.98 Å². The summed E-state index contributed by atoms with van der Waals surface area (Å²) in [5, 5.41) is 1.15. The Bertz CT molecular complexity index is 716. The monoisotopic (exact) mass is 300 g/mol. The summed E-state index contributed by atoms with van der Waals surface area (Å²) in [7, 11) is 1.67. The van der Waals surface area contributed by atoms with Crippen LogP contribution in [0, 0.1) is 0 Å². The number of hydrogen-bond donors (Lipinski definition) is 1. The molecule has 1 saturated heterocycles. The van der Waals surface area contributed by atoms with E-state index in [1.54, 1.807) is 7.11 Å². The van der Waals surface area contributed by atoms with Gasteiger partial charge < -0.3 is 19.4 Å². The lowest BCUT2D eigenvalue weighted by atomic mass is 10.0. The third kappa shape index (κ3) is 2.16. The quantitative estimate of drug-likeness (QED) is 0.925. The van der Waals surface area contributed by atoms with Crippen LogP contribution in [0.4, 0.5) is 0 Å². The van der Waals surface area contributed by atoms with Gasteiger partial charge >= 0.3 is 0 Å². The normalized spacial score (nSPS) is 21.1. The average molecular weight is 300 g/mol. The maximum atomic E-state index is 12.6. The number of ether oxygens (including phenoxy) is 2. The minimum Gasteiger partial charge on any atom is -0.497 e. The van der Waals surface area contributed by atoms with E-state index in [0.717, 1.165) is 42.5 Å². The van der Waals surface area contributed by atoms with Crippen molar-refractivity contribution in [1.29, 1.82) is 0 Å². The lowest BCUT2D eigenvalue weighted by Crippen LogP contribution is -2.41. The lowest BCUT2D eigenvalue weighted by Gasteiger charge is -2.29. The molecule has 5 nitrogen and oxygen atoms in total. The molecule has 2 aliphatic heterocycles. The summed E-state index contributed by atoms with van der Waals surface area (Å²) in [6, 6.07) is 6.04. The second-order valence-corrected chi connectivity index (χ2v) is 6.01. The zero-order valence-electron chi connectivity index (χ0n) is 12.7. The number of carbonyl (C=O) groups is 1. The predicted octanol–water partition coefficient (Wildman–Crippen LogP) is 2.24. The highest BCUT2D eigenvalue weighted by Gasteiger charge is 2.31. The Balaban J connectivity index is 1.65. The highest BCUT2D eigenvalue weighted by atomic mass is 16.5. The number of rotatable bonds is 2. The number of benzene rings is 1. The first-order valence-corrected chi connectivity index (χ1v) is 7.84. The molecule has 5 heteroatoms. The van der Waals surface area contributed by atoms with Crippen LogP contribution in [-0.4, -0.2) is 42.2 Å². The summed E-state index contributed by atoms with van der Waals surface area (Å²) in [5.41, 5.74) is 3.56. The van der Waals surface area contributed by atoms with Crippen LogP contribution < -0.4 is 4.74 Å². The first kappa shape index (κ1) is 13.6. The molecule has 1 N–H and O–H groups in total. The number of aromatic nitrogens is 1. The fourth-order valence-electron chi connectivity index (χ4n) is 3.48. The molecule has 0 saturated carbocycles. The van der Waals surface area contributed by atoms with E-state index < -0.39 is 0 Å². The Kier molecular flexibility index (Phi) is 3.30. The number of hydrogen-bond acceptors (Lipinski definition) is 3. The smallest absolute Gasteiger partial charge is 0.252 e. The maximum Gasteiger partial charge on any atom is 0.252 e. The molecule has 1 amide bonds. The molecule has 1 aromatic carbocycles. The largest absolute Gasteiger partial charge is 0.497 e. The average Bonchev–Trinajstić information content (AvgIpc) is 3.20. The Labute approximate surface area is 129 Å². The van der Waals surface area contributed by atoms with Crippen molar-refractivity contribution in [2.75, 3.05) is 20.3 Å². The van der Waals surface area contributed by atoms with Crippen LogP contribution in [0.3, 0.4) is 0 Å². The van der Waals surface area contributed by atoms with E-state index in [1.165, 1.54) is 11.3 Å². The van der Waals surface area contributed by atoms with Gasteiger partial charge in [-0.2, -0.15) is 0 Å². The minimum absolute atomic E-state index is 0.139. The van der Waals surface area contributed by atoms with Gasteiger partial charge in [0.25, 0.3) is 5.91 Å². The molecule has 1 fully saturated rings. The van der Waals surface area contributed by atoms with Crippen molar-refractivity contribution in [2.24, 2.45) is 0 Å². The number of aromatic amines is 1. The fraction of sp³-hybridized carbons (Fsp3) is 0.471. The van der Waals surface area contributed by atoms with Crippen LogP contribution in [0.2, 0.25) is 0 Å². The second-order valence-electron chi connectivity index (χ2n) is 6.01. The fourth-order valence-corrected chi connectivity index (χ4v) is 3.48. The second kappa shape index (κ2) is 5.32. The summed E-state index contributed by atoms with van der Waals surface area (Å²) in [4.78, 5) is 18.0. The number of amides is 1. The predicted molar refractivity (Wildman–Crippen MR) is 82.9 cm³/mol. The van der Waals surface area contributed by atoms with Crippen molar-refractivity contribution in [1.82, 2.24) is 9.88 Å². The highest BCUT2D eigenvalue weighted by Crippen LogP contribution is 2.31. The van der Waals surface area contributed by atoms with Crippen LogP contribution >= 0.6 is 0 Å². The van der Waals surface area contributed by atoms with Gasteiger partial charge in [-0.25, -0.2) is 0 Å². The third-order valence-corrected chi connectivity index (χ3v) is 4.70. The van der Waals surface area contributed by atoms with Crippen molar-refractivity contribution < 1.29 is 14.3 Å². The molecule has 2 aromatic rings. The number of carbonyl (C=O) groups excluding carboxylic acids is 1. The van der Waals surface area contributed by atoms with Gasteiger partial charge in [-0.15, -0.1) is 0 Å². The van der Waals surface area contributed by atoms with Gasteiger partial charge in [-0.05, 0) is 31.0 Å². The third-order valence-electron chi connectivity index (χ3n) is 4.70. The summed E-state index contributed by atoms with van der Waals surface area (Å²) >= 11 is 0. The van der Waals surface area contributed by atoms with Crippen molar-refractivity contribution in [2.45, 2.75) is 31.9 Å². The number of nitrogens with zero attached hydrogens (tertiary/aromatic N) is 1. The molecule has 1 atom stereocenters. The van der Waals surface area contributed by atoms with E-state index in [9.17, 15) is 4.79 Å². The molecule has 3 heterocycles. The molecule has 0 spiro atoms. The molecule has 22 heavy (non-hydrogen) atoms. The SMILES string of the molecule is COc1ccc2[nH]c3c(c2c1)CN(C(=O)C1CCCO1)CC3. The zero-order valence-corrected chi connectivity index (χ0v) is 12.7. The molecular weight excluding hydrogens is 280 g/mol. The van der Waals surface area contributed by atoms with Gasteiger partial charge in [0.15, 0.2) is 0 Å². The first-order chi connectivity index (χ1) is 10.8. The van der Waals surface area contributed by atoms with Gasteiger partial charge in [0.1, 0.15) is 11.9 Å². The molecular formula is C17H20N2O3. The first-order valence-electron chi connectivity index (χ1n) is 7.84. The molecule has 1 aromatic heterocycles. The summed E-state index contributed by atoms with van der Waals surface area (Å²) in [5.74, 6) is 0.984. The minimum atomic E-state index is -0.235. The Hall–Kier alpha value is -2.01. The molecule has 2 aliphatic rings. The zero-order chi connectivity index (χ0) is 15.1. The van der Waals surface area contributed by atoms with E-state index in [1.807, 2.05) is 23.1 Å². The summed E-state index contributed by atoms with van der Waals surface area (Å²) < 4.78 is 10.9. The number of fused-ring (bicyclic) bond motifs is 3. The highest BCUT2D eigenvalue weighted by molar-refractivity contribution is 5.88. The molecule has 116 valence electrons. The molecule has 1 unspecified atom stereocenters. The standard InChI is InChI=1S/C17H20N2O3/c1-21-11-4-5-14-12(9-11)13-10-19(7-6-15(13)18-14)17(20)16-3-2-8-22-16/h4-5,9,16,18H,2-3,6-8,10H2,1H3. The van der Waals surface area contributed by atoms with Crippen LogP contribution in [-0.2, 0) is 22.5 Å². The molecule has 4 rings (SSSR count). The maximum absolute atomic E-state index is 12.6. The van der Waals surface area contributed by atoms with Crippen LogP contribution in [0.25, 0.3) is 10.9 Å². The van der Waals surface area contributed by atoms with E-state index >= 15 is 0 Å². The lowest BCUT2D eigenvalue weighted by molar-refractivity contribution is -0.141. The van der Waals surface area contributed by atoms with Crippen molar-refractivity contribution >= 4 is 16.8 Å².